The zero-order valence-corrected chi connectivity index (χ0v) is 9.98. The number of nitrogens with zero attached hydrogens (tertiary/aromatic N) is 1. The Kier molecular flexibility index (Phi) is 4.05. The van der Waals surface area contributed by atoms with Crippen LogP contribution in [-0.4, -0.2) is 12.1 Å². The molecule has 1 aromatic carbocycles. The van der Waals surface area contributed by atoms with Crippen molar-refractivity contribution in [2.24, 2.45) is 5.10 Å². The molecular weight excluding hydrogens is 232 g/mol. The quantitative estimate of drug-likeness (QED) is 0.652. The molecule has 2 rings (SSSR count). The molecule has 1 amide bonds. The van der Waals surface area contributed by atoms with E-state index in [9.17, 15) is 4.79 Å². The van der Waals surface area contributed by atoms with E-state index in [0.717, 1.165) is 0 Å². The SMILES string of the molecule is O=C(N/N=C\Cc1ccccc1)c1cccs1. The van der Waals surface area contributed by atoms with E-state index in [1.165, 1.54) is 16.9 Å². The molecule has 0 fully saturated rings. The Bertz CT molecular complexity index is 491. The van der Waals surface area contributed by atoms with Gasteiger partial charge in [0.05, 0.1) is 4.88 Å². The Labute approximate surface area is 104 Å². The molecule has 0 saturated heterocycles. The first kappa shape index (κ1) is 11.5. The molecule has 3 nitrogen and oxygen atoms in total. The van der Waals surface area contributed by atoms with Gasteiger partial charge >= 0.3 is 0 Å². The smallest absolute Gasteiger partial charge is 0.266 e. The van der Waals surface area contributed by atoms with Crippen molar-refractivity contribution >= 4 is 23.5 Å². The third kappa shape index (κ3) is 3.53. The van der Waals surface area contributed by atoms with Gasteiger partial charge in [0.15, 0.2) is 0 Å². The van der Waals surface area contributed by atoms with Crippen LogP contribution < -0.4 is 5.43 Å². The molecule has 4 heteroatoms. The third-order valence-corrected chi connectivity index (χ3v) is 3.04. The van der Waals surface area contributed by atoms with E-state index in [1.807, 2.05) is 41.8 Å². The number of hydrazone groups is 1. The molecule has 0 aliphatic rings. The van der Waals surface area contributed by atoms with Crippen molar-refractivity contribution in [2.75, 3.05) is 0 Å². The summed E-state index contributed by atoms with van der Waals surface area (Å²) in [5, 5.41) is 5.77. The summed E-state index contributed by atoms with van der Waals surface area (Å²) in [7, 11) is 0. The lowest BCUT2D eigenvalue weighted by Crippen LogP contribution is -2.16. The second-order valence-electron chi connectivity index (χ2n) is 3.42. The van der Waals surface area contributed by atoms with Gasteiger partial charge in [-0.3, -0.25) is 4.79 Å². The first-order valence-electron chi connectivity index (χ1n) is 5.25. The normalized spacial score (nSPS) is 10.6. The van der Waals surface area contributed by atoms with Crippen LogP contribution in [0.3, 0.4) is 0 Å². The predicted molar refractivity (Wildman–Crippen MR) is 70.4 cm³/mol. The van der Waals surface area contributed by atoms with Crippen molar-refractivity contribution in [1.82, 2.24) is 5.43 Å². The lowest BCUT2D eigenvalue weighted by Gasteiger charge is -1.96. The molecule has 0 spiro atoms. The second kappa shape index (κ2) is 5.96. The molecule has 1 aromatic heterocycles. The summed E-state index contributed by atoms with van der Waals surface area (Å²) in [4.78, 5) is 12.2. The molecule has 17 heavy (non-hydrogen) atoms. The standard InChI is InChI=1S/C13H12N2OS/c16-13(12-7-4-10-17-12)15-14-9-8-11-5-2-1-3-6-11/h1-7,9-10H,8H2,(H,15,16)/b14-9-. The predicted octanol–water partition coefficient (Wildman–Crippen LogP) is 2.71. The lowest BCUT2D eigenvalue weighted by atomic mass is 10.2. The van der Waals surface area contributed by atoms with Gasteiger partial charge in [0.1, 0.15) is 0 Å². The zero-order chi connectivity index (χ0) is 11.9. The average molecular weight is 244 g/mol. The van der Waals surface area contributed by atoms with Crippen LogP contribution in [0.1, 0.15) is 15.2 Å². The van der Waals surface area contributed by atoms with E-state index in [1.54, 1.807) is 12.3 Å². The highest BCUT2D eigenvalue weighted by Crippen LogP contribution is 2.07. The zero-order valence-electron chi connectivity index (χ0n) is 9.17. The molecular formula is C13H12N2OS. The minimum atomic E-state index is -0.163. The van der Waals surface area contributed by atoms with Crippen LogP contribution in [0.25, 0.3) is 0 Å². The largest absolute Gasteiger partial charge is 0.281 e. The fraction of sp³-hybridized carbons (Fsp3) is 0.0769. The maximum Gasteiger partial charge on any atom is 0.281 e. The summed E-state index contributed by atoms with van der Waals surface area (Å²) < 4.78 is 0. The van der Waals surface area contributed by atoms with Gasteiger partial charge in [-0.05, 0) is 17.0 Å². The molecule has 0 bridgehead atoms. The Hall–Kier alpha value is -1.94. The first-order chi connectivity index (χ1) is 8.36. The Balaban J connectivity index is 1.81. The highest BCUT2D eigenvalue weighted by atomic mass is 32.1. The summed E-state index contributed by atoms with van der Waals surface area (Å²) in [6.07, 6.45) is 2.41. The summed E-state index contributed by atoms with van der Waals surface area (Å²) in [5.74, 6) is -0.163. The van der Waals surface area contributed by atoms with E-state index in [2.05, 4.69) is 10.5 Å². The van der Waals surface area contributed by atoms with Gasteiger partial charge in [0.2, 0.25) is 0 Å². The first-order valence-corrected chi connectivity index (χ1v) is 6.13. The van der Waals surface area contributed by atoms with Gasteiger partial charge in [-0.2, -0.15) is 5.10 Å². The van der Waals surface area contributed by atoms with Gasteiger partial charge in [0.25, 0.3) is 5.91 Å². The molecule has 0 unspecified atom stereocenters. The van der Waals surface area contributed by atoms with Crippen molar-refractivity contribution in [1.29, 1.82) is 0 Å². The fourth-order valence-electron chi connectivity index (χ4n) is 1.33. The van der Waals surface area contributed by atoms with Crippen LogP contribution in [0.2, 0.25) is 0 Å². The van der Waals surface area contributed by atoms with Crippen LogP contribution in [0, 0.1) is 0 Å². The van der Waals surface area contributed by atoms with E-state index in [4.69, 9.17) is 0 Å². The van der Waals surface area contributed by atoms with Gasteiger partial charge in [-0.1, -0.05) is 36.4 Å². The lowest BCUT2D eigenvalue weighted by molar-refractivity contribution is 0.0959. The number of hydrogen-bond donors (Lipinski definition) is 1. The number of carbonyl (C=O) groups is 1. The van der Waals surface area contributed by atoms with Crippen molar-refractivity contribution in [3.8, 4) is 0 Å². The molecule has 86 valence electrons. The second-order valence-corrected chi connectivity index (χ2v) is 4.37. The van der Waals surface area contributed by atoms with Crippen molar-refractivity contribution in [3.63, 3.8) is 0 Å². The monoisotopic (exact) mass is 244 g/mol. The molecule has 2 aromatic rings. The number of hydrogen-bond acceptors (Lipinski definition) is 3. The molecule has 0 aliphatic carbocycles. The fourth-order valence-corrected chi connectivity index (χ4v) is 1.95. The molecule has 1 N–H and O–H groups in total. The minimum absolute atomic E-state index is 0.163. The number of benzene rings is 1. The van der Waals surface area contributed by atoms with Crippen LogP contribution in [0.15, 0.2) is 52.9 Å². The molecule has 0 aliphatic heterocycles. The topological polar surface area (TPSA) is 41.5 Å². The van der Waals surface area contributed by atoms with Crippen molar-refractivity contribution < 1.29 is 4.79 Å². The number of rotatable bonds is 4. The summed E-state index contributed by atoms with van der Waals surface area (Å²) >= 11 is 1.40. The van der Waals surface area contributed by atoms with E-state index in [0.29, 0.717) is 11.3 Å². The van der Waals surface area contributed by atoms with Crippen LogP contribution >= 0.6 is 11.3 Å². The van der Waals surface area contributed by atoms with E-state index >= 15 is 0 Å². The Morgan fingerprint density at radius 3 is 2.76 bits per heavy atom. The maximum atomic E-state index is 11.5. The Morgan fingerprint density at radius 1 is 1.24 bits per heavy atom. The van der Waals surface area contributed by atoms with Crippen LogP contribution in [-0.2, 0) is 6.42 Å². The summed E-state index contributed by atoms with van der Waals surface area (Å²) in [6, 6.07) is 13.6. The van der Waals surface area contributed by atoms with Crippen LogP contribution in [0.4, 0.5) is 0 Å². The van der Waals surface area contributed by atoms with Crippen LogP contribution in [0.5, 0.6) is 0 Å². The molecule has 0 radical (unpaired) electrons. The van der Waals surface area contributed by atoms with Gasteiger partial charge in [0, 0.05) is 12.6 Å². The molecule has 1 heterocycles. The number of nitrogens with one attached hydrogen (secondary N) is 1. The minimum Gasteiger partial charge on any atom is -0.266 e. The number of carbonyl (C=O) groups excluding carboxylic acids is 1. The summed E-state index contributed by atoms with van der Waals surface area (Å²) in [6.45, 7) is 0. The van der Waals surface area contributed by atoms with Crippen molar-refractivity contribution in [3.05, 3.63) is 58.3 Å². The summed E-state index contributed by atoms with van der Waals surface area (Å²) in [5.41, 5.74) is 3.66. The van der Waals surface area contributed by atoms with E-state index in [-0.39, 0.29) is 5.91 Å². The number of amides is 1. The van der Waals surface area contributed by atoms with Gasteiger partial charge < -0.3 is 0 Å². The van der Waals surface area contributed by atoms with Crippen molar-refractivity contribution in [2.45, 2.75) is 6.42 Å². The van der Waals surface area contributed by atoms with Gasteiger partial charge in [-0.15, -0.1) is 11.3 Å². The average Bonchev–Trinajstić information content (AvgIpc) is 2.89. The third-order valence-electron chi connectivity index (χ3n) is 2.17. The maximum absolute atomic E-state index is 11.5. The molecule has 0 atom stereocenters. The van der Waals surface area contributed by atoms with Gasteiger partial charge in [-0.25, -0.2) is 5.43 Å². The highest BCUT2D eigenvalue weighted by molar-refractivity contribution is 7.12. The number of thiophene rings is 1. The highest BCUT2D eigenvalue weighted by Gasteiger charge is 2.03. The molecule has 0 saturated carbocycles. The Morgan fingerprint density at radius 2 is 2.06 bits per heavy atom. The van der Waals surface area contributed by atoms with E-state index < -0.39 is 0 Å².